The minimum atomic E-state index is -4.44. The molecule has 2 heterocycles. The molecule has 0 unspecified atom stereocenters. The van der Waals surface area contributed by atoms with E-state index in [4.69, 9.17) is 5.14 Å². The van der Waals surface area contributed by atoms with Crippen LogP contribution in [-0.2, 0) is 16.6 Å². The molecule has 8 nitrogen and oxygen atoms in total. The summed E-state index contributed by atoms with van der Waals surface area (Å²) in [6.07, 6.45) is -2.45. The van der Waals surface area contributed by atoms with E-state index in [9.17, 15) is 21.6 Å². The number of nitrogens with one attached hydrogen (secondary N) is 2. The fraction of sp³-hybridized carbons (Fsp3) is 0.348. The van der Waals surface area contributed by atoms with Gasteiger partial charge >= 0.3 is 6.18 Å². The highest BCUT2D eigenvalue weighted by Crippen LogP contribution is 2.51. The van der Waals surface area contributed by atoms with E-state index in [0.29, 0.717) is 22.7 Å². The molecule has 2 saturated carbocycles. The number of rotatable bonds is 6. The minimum absolute atomic E-state index is 0.0213. The predicted molar refractivity (Wildman–Crippen MR) is 124 cm³/mol. The van der Waals surface area contributed by atoms with Gasteiger partial charge < -0.3 is 10.6 Å². The molecule has 5 rings (SSSR count). The van der Waals surface area contributed by atoms with Crippen LogP contribution in [0.4, 0.5) is 24.9 Å². The molecule has 182 valence electrons. The number of benzene rings is 1. The van der Waals surface area contributed by atoms with Crippen molar-refractivity contribution in [2.24, 2.45) is 11.1 Å². The first kappa shape index (κ1) is 23.3. The second-order valence-corrected chi connectivity index (χ2v) is 10.3. The third-order valence-corrected chi connectivity index (χ3v) is 6.81. The summed E-state index contributed by atoms with van der Waals surface area (Å²) < 4.78 is 63.8. The monoisotopic (exact) mass is 502 g/mol. The molecular weight excluding hydrogens is 481 g/mol. The number of alkyl halides is 3. The highest BCUT2D eigenvalue weighted by Gasteiger charge is 2.64. The van der Waals surface area contributed by atoms with E-state index in [1.165, 1.54) is 12.1 Å². The number of primary sulfonamides is 1. The Morgan fingerprint density at radius 2 is 1.77 bits per heavy atom. The molecular formula is C23H21F3N6O2S. The van der Waals surface area contributed by atoms with Crippen molar-refractivity contribution < 1.29 is 21.6 Å². The van der Waals surface area contributed by atoms with Gasteiger partial charge in [0.15, 0.2) is 5.82 Å². The van der Waals surface area contributed by atoms with Crippen molar-refractivity contribution in [3.05, 3.63) is 47.7 Å². The molecule has 2 aliphatic carbocycles. The van der Waals surface area contributed by atoms with Crippen LogP contribution in [0.15, 0.2) is 41.3 Å². The van der Waals surface area contributed by atoms with E-state index in [1.807, 2.05) is 0 Å². The van der Waals surface area contributed by atoms with Gasteiger partial charge in [-0.2, -0.15) is 18.2 Å². The van der Waals surface area contributed by atoms with Crippen LogP contribution in [0, 0.1) is 17.8 Å². The smallest absolute Gasteiger partial charge is 0.354 e. The molecule has 0 radical (unpaired) electrons. The Hall–Kier alpha value is -3.43. The lowest BCUT2D eigenvalue weighted by Crippen LogP contribution is -2.39. The Labute approximate surface area is 199 Å². The van der Waals surface area contributed by atoms with E-state index in [-0.39, 0.29) is 41.6 Å². The molecule has 0 atom stereocenters. The molecule has 0 aliphatic heterocycles. The highest BCUT2D eigenvalue weighted by molar-refractivity contribution is 7.89. The molecule has 3 aromatic rings. The van der Waals surface area contributed by atoms with Gasteiger partial charge in [0, 0.05) is 12.5 Å². The number of pyridine rings is 1. The van der Waals surface area contributed by atoms with Crippen LogP contribution in [0.1, 0.15) is 36.9 Å². The summed E-state index contributed by atoms with van der Waals surface area (Å²) in [5, 5.41) is 10.7. The molecule has 12 heteroatoms. The Morgan fingerprint density at radius 3 is 2.37 bits per heavy atom. The number of nitrogens with two attached hydrogens (primary N) is 1. The van der Waals surface area contributed by atoms with Crippen LogP contribution >= 0.6 is 0 Å². The minimum Gasteiger partial charge on any atom is -0.354 e. The largest absolute Gasteiger partial charge is 0.411 e. The lowest BCUT2D eigenvalue weighted by Gasteiger charge is -2.22. The molecule has 0 amide bonds. The van der Waals surface area contributed by atoms with E-state index < -0.39 is 21.7 Å². The van der Waals surface area contributed by atoms with Crippen molar-refractivity contribution in [3.8, 4) is 11.8 Å². The van der Waals surface area contributed by atoms with Crippen molar-refractivity contribution in [1.82, 2.24) is 15.0 Å². The summed E-state index contributed by atoms with van der Waals surface area (Å²) in [6, 6.07) is 9.22. The van der Waals surface area contributed by atoms with Gasteiger partial charge in [0.2, 0.25) is 16.0 Å². The summed E-state index contributed by atoms with van der Waals surface area (Å²) in [4.78, 5) is 13.1. The lowest BCUT2D eigenvalue weighted by molar-refractivity contribution is -0.151. The van der Waals surface area contributed by atoms with Gasteiger partial charge in [0.05, 0.1) is 10.4 Å². The first-order valence-corrected chi connectivity index (χ1v) is 12.5. The number of anilines is 2. The molecule has 4 N–H and O–H groups in total. The number of hydrogen-bond donors (Lipinski definition) is 3. The predicted octanol–water partition coefficient (Wildman–Crippen LogP) is 3.55. The number of aromatic nitrogens is 3. The zero-order valence-corrected chi connectivity index (χ0v) is 19.2. The zero-order chi connectivity index (χ0) is 24.8. The quantitative estimate of drug-likeness (QED) is 0.441. The van der Waals surface area contributed by atoms with Gasteiger partial charge in [-0.15, -0.1) is 0 Å². The number of halogens is 3. The molecule has 0 spiro atoms. The van der Waals surface area contributed by atoms with E-state index in [1.54, 1.807) is 24.3 Å². The maximum atomic E-state index is 13.6. The zero-order valence-electron chi connectivity index (χ0n) is 18.4. The van der Waals surface area contributed by atoms with Crippen molar-refractivity contribution >= 4 is 32.8 Å². The maximum absolute atomic E-state index is 13.6. The van der Waals surface area contributed by atoms with E-state index in [2.05, 4.69) is 37.4 Å². The van der Waals surface area contributed by atoms with Gasteiger partial charge in [-0.25, -0.2) is 23.5 Å². The van der Waals surface area contributed by atoms with Crippen LogP contribution < -0.4 is 15.8 Å². The average molecular weight is 503 g/mol. The van der Waals surface area contributed by atoms with Crippen molar-refractivity contribution in [1.29, 1.82) is 0 Å². The van der Waals surface area contributed by atoms with Gasteiger partial charge in [-0.1, -0.05) is 18.1 Å². The summed E-state index contributed by atoms with van der Waals surface area (Å²) in [5.74, 6) is 6.51. The van der Waals surface area contributed by atoms with Crippen LogP contribution in [-0.4, -0.2) is 35.1 Å². The van der Waals surface area contributed by atoms with Crippen LogP contribution in [0.5, 0.6) is 0 Å². The fourth-order valence-corrected chi connectivity index (χ4v) is 3.98. The number of nitrogens with zero attached hydrogens (tertiary/aromatic N) is 3. The summed E-state index contributed by atoms with van der Waals surface area (Å²) in [7, 11) is -3.81. The SMILES string of the molecule is NS(=O)(=O)c1ccc(CNc2nc(NC3(C(F)(F)F)CC3)c3nc(C#CC4CC4)ccc3n2)cc1. The van der Waals surface area contributed by atoms with E-state index >= 15 is 0 Å². The summed E-state index contributed by atoms with van der Waals surface area (Å²) in [6.45, 7) is 0.207. The van der Waals surface area contributed by atoms with Crippen LogP contribution in [0.3, 0.4) is 0 Å². The van der Waals surface area contributed by atoms with Crippen LogP contribution in [0.2, 0.25) is 0 Å². The molecule has 2 aromatic heterocycles. The van der Waals surface area contributed by atoms with Gasteiger partial charge in [0.25, 0.3) is 0 Å². The third kappa shape index (κ3) is 5.16. The lowest BCUT2D eigenvalue weighted by atomic mass is 10.2. The molecule has 35 heavy (non-hydrogen) atoms. The molecule has 0 bridgehead atoms. The molecule has 1 aromatic carbocycles. The van der Waals surface area contributed by atoms with Gasteiger partial charge in [0.1, 0.15) is 16.7 Å². The standard InChI is InChI=1S/C23H21F3N6O2S/c24-23(25,26)22(11-12-22)32-20-19-18(10-7-16(29-19)6-3-14-1-2-14)30-21(31-20)28-13-15-4-8-17(9-5-15)35(27,33)34/h4-5,7-10,14H,1-2,11-13H2,(H2,27,33,34)(H2,28,30,31,32). The number of hydrogen-bond acceptors (Lipinski definition) is 7. The number of fused-ring (bicyclic) bond motifs is 1. The normalized spacial score (nSPS) is 16.9. The second-order valence-electron chi connectivity index (χ2n) is 8.75. The molecule has 2 fully saturated rings. The Balaban J connectivity index is 1.45. The van der Waals surface area contributed by atoms with Crippen molar-refractivity contribution in [3.63, 3.8) is 0 Å². The highest BCUT2D eigenvalue weighted by atomic mass is 32.2. The Kier molecular flexibility index (Phi) is 5.56. The first-order valence-electron chi connectivity index (χ1n) is 10.9. The Morgan fingerprint density at radius 1 is 1.06 bits per heavy atom. The maximum Gasteiger partial charge on any atom is 0.411 e. The molecule has 0 saturated heterocycles. The summed E-state index contributed by atoms with van der Waals surface area (Å²) in [5.41, 5.74) is -0.306. The van der Waals surface area contributed by atoms with E-state index in [0.717, 1.165) is 12.8 Å². The summed E-state index contributed by atoms with van der Waals surface area (Å²) >= 11 is 0. The second kappa shape index (κ2) is 8.35. The first-order chi connectivity index (χ1) is 16.5. The average Bonchev–Trinajstić information content (AvgIpc) is 3.71. The van der Waals surface area contributed by atoms with Gasteiger partial charge in [-0.05, 0) is 61.4 Å². The van der Waals surface area contributed by atoms with Crippen LogP contribution in [0.25, 0.3) is 11.0 Å². The van der Waals surface area contributed by atoms with Crippen molar-refractivity contribution in [2.75, 3.05) is 10.6 Å². The molecule has 2 aliphatic rings. The fourth-order valence-electron chi connectivity index (χ4n) is 3.46. The third-order valence-electron chi connectivity index (χ3n) is 5.88. The Bertz CT molecular complexity index is 1450. The number of sulfonamides is 1. The van der Waals surface area contributed by atoms with Gasteiger partial charge in [-0.3, -0.25) is 0 Å². The van der Waals surface area contributed by atoms with Crippen molar-refractivity contribution in [2.45, 2.75) is 48.8 Å². The topological polar surface area (TPSA) is 123 Å².